The molecule has 118 valence electrons. The molecule has 0 heterocycles. The number of hydrogen-bond donors (Lipinski definition) is 0. The van der Waals surface area contributed by atoms with Gasteiger partial charge in [-0.2, -0.15) is 0 Å². The van der Waals surface area contributed by atoms with Gasteiger partial charge < -0.3 is 8.23 Å². The average Bonchev–Trinajstić information content (AvgIpc) is 2.55. The van der Waals surface area contributed by atoms with Crippen molar-refractivity contribution in [3.8, 4) is 0 Å². The van der Waals surface area contributed by atoms with Crippen molar-refractivity contribution in [3.63, 3.8) is 0 Å². The van der Waals surface area contributed by atoms with Crippen LogP contribution in [-0.4, -0.2) is 38.3 Å². The fourth-order valence-corrected chi connectivity index (χ4v) is 7.37. The zero-order chi connectivity index (χ0) is 16.4. The summed E-state index contributed by atoms with van der Waals surface area (Å²) in [7, 11) is -1.52. The quantitative estimate of drug-likeness (QED) is 0.699. The van der Waals surface area contributed by atoms with Crippen LogP contribution < -0.4 is 10.4 Å². The fraction of sp³-hybridized carbons (Fsp3) is 0.125. The molecule has 0 aliphatic carbocycles. The van der Waals surface area contributed by atoms with Gasteiger partial charge in [-0.3, -0.25) is 0 Å². The molecule has 0 fully saturated rings. The van der Waals surface area contributed by atoms with Crippen molar-refractivity contribution < 1.29 is 8.23 Å². The van der Waals surface area contributed by atoms with Crippen molar-refractivity contribution in [1.29, 1.82) is 0 Å². The molecule has 6 heteroatoms. The molecule has 0 saturated carbocycles. The largest absolute Gasteiger partial charge is 0.471 e. The molecule has 22 heavy (non-hydrogen) atoms. The Labute approximate surface area is 143 Å². The van der Waals surface area contributed by atoms with E-state index in [-0.39, 0.29) is 0 Å². The lowest BCUT2D eigenvalue weighted by molar-refractivity contribution is 0.601. The van der Waals surface area contributed by atoms with Gasteiger partial charge in [0.05, 0.1) is 0 Å². The molecule has 0 saturated heterocycles. The lowest BCUT2D eigenvalue weighted by atomic mass is 10.4. The Morgan fingerprint density at radius 3 is 1.59 bits per heavy atom. The maximum atomic E-state index is 6.52. The lowest BCUT2D eigenvalue weighted by Gasteiger charge is -2.26. The van der Waals surface area contributed by atoms with Crippen molar-refractivity contribution in [3.05, 3.63) is 72.9 Å². The van der Waals surface area contributed by atoms with Gasteiger partial charge >= 0.3 is 0 Å². The van der Waals surface area contributed by atoms with Crippen molar-refractivity contribution in [2.24, 2.45) is 0 Å². The Morgan fingerprint density at radius 2 is 1.27 bits per heavy atom. The molecule has 2 aromatic rings. The summed E-state index contributed by atoms with van der Waals surface area (Å²) < 4.78 is 11.0. The van der Waals surface area contributed by atoms with Gasteiger partial charge in [0.2, 0.25) is 9.04 Å². The van der Waals surface area contributed by atoms with Crippen LogP contribution in [0.4, 0.5) is 0 Å². The van der Waals surface area contributed by atoms with E-state index >= 15 is 0 Å². The second kappa shape index (κ2) is 9.88. The van der Waals surface area contributed by atoms with Crippen LogP contribution in [0.15, 0.2) is 72.9 Å². The predicted octanol–water partition coefficient (Wildman–Crippen LogP) is 0.0353. The summed E-state index contributed by atoms with van der Waals surface area (Å²) in [5.74, 6) is 0. The first-order valence-corrected chi connectivity index (χ1v) is 13.6. The van der Waals surface area contributed by atoms with Crippen molar-refractivity contribution in [1.82, 2.24) is 0 Å². The molecule has 0 spiro atoms. The minimum absolute atomic E-state index is 0.931. The van der Waals surface area contributed by atoms with Crippen LogP contribution in [0.1, 0.15) is 0 Å². The van der Waals surface area contributed by atoms with Crippen molar-refractivity contribution in [2.75, 3.05) is 0 Å². The monoisotopic (exact) mass is 362 g/mol. The molecule has 0 N–H and O–H groups in total. The Balaban J connectivity index is 0.000000745. The second-order valence-electron chi connectivity index (χ2n) is 5.54. The number of hydrogen-bond acceptors (Lipinski definition) is 2. The Kier molecular flexibility index (Phi) is 8.54. The summed E-state index contributed by atoms with van der Waals surface area (Å²) in [5.41, 5.74) is 2.01. The summed E-state index contributed by atoms with van der Waals surface area (Å²) in [6, 6.07) is 21.2. The van der Waals surface area contributed by atoms with E-state index in [9.17, 15) is 0 Å². The van der Waals surface area contributed by atoms with Gasteiger partial charge in [-0.25, -0.2) is 0 Å². The first kappa shape index (κ1) is 19.0. The third-order valence-corrected chi connectivity index (χ3v) is 9.45. The normalized spacial score (nSPS) is 11.0. The second-order valence-corrected chi connectivity index (χ2v) is 15.5. The minimum Gasteiger partial charge on any atom is -0.471 e. The third kappa shape index (κ3) is 6.39. The zero-order valence-corrected chi connectivity index (χ0v) is 20.1. The van der Waals surface area contributed by atoms with Crippen molar-refractivity contribution >= 4 is 48.7 Å². The van der Waals surface area contributed by atoms with E-state index in [1.165, 1.54) is 10.4 Å². The maximum absolute atomic E-state index is 6.52. The molecule has 2 aromatic carbocycles. The van der Waals surface area contributed by atoms with Gasteiger partial charge in [0.15, 0.2) is 8.32 Å². The van der Waals surface area contributed by atoms with Gasteiger partial charge in [-0.15, -0.1) is 6.58 Å². The van der Waals surface area contributed by atoms with E-state index in [1.54, 1.807) is 0 Å². The summed E-state index contributed by atoms with van der Waals surface area (Å²) in [5, 5.41) is 2.66. The molecule has 0 atom stereocenters. The molecule has 0 aliphatic heterocycles. The van der Waals surface area contributed by atoms with E-state index in [0.29, 0.717) is 0 Å². The highest BCUT2D eigenvalue weighted by Crippen LogP contribution is 2.08. The molecular weight excluding hydrogens is 337 g/mol. The molecule has 2 rings (SSSR count). The van der Waals surface area contributed by atoms with E-state index in [4.69, 9.17) is 4.12 Å². The van der Waals surface area contributed by atoms with Crippen LogP contribution in [0.25, 0.3) is 0 Å². The minimum atomic E-state index is -1.78. The highest BCUT2D eigenvalue weighted by molar-refractivity contribution is 6.90. The zero-order valence-electron chi connectivity index (χ0n) is 14.0. The maximum Gasteiger partial charge on any atom is 0.228 e. The van der Waals surface area contributed by atoms with Crippen LogP contribution in [0.3, 0.4) is 0 Å². The molecule has 0 aliphatic rings. The van der Waals surface area contributed by atoms with Gasteiger partial charge in [-0.1, -0.05) is 66.4 Å². The third-order valence-electron chi connectivity index (χ3n) is 3.12. The molecule has 0 aromatic heterocycles. The predicted molar refractivity (Wildman–Crippen MR) is 109 cm³/mol. The highest BCUT2D eigenvalue weighted by atomic mass is 28.4. The van der Waals surface area contributed by atoms with E-state index in [2.05, 4.69) is 84.5 Å². The first-order chi connectivity index (χ1) is 10.5. The van der Waals surface area contributed by atoms with E-state index < -0.39 is 17.4 Å². The molecule has 2 nitrogen and oxygen atoms in total. The Morgan fingerprint density at radius 1 is 0.909 bits per heavy atom. The number of benzene rings is 2. The SMILES string of the molecule is C=C[Si](C)(C)O[SiH](c1ccccc1)c1ccccc1.[SiH3]O[SiH3]. The van der Waals surface area contributed by atoms with Crippen LogP contribution in [-0.2, 0) is 8.23 Å². The Bertz CT molecular complexity index is 507. The summed E-state index contributed by atoms with van der Waals surface area (Å²) in [6.07, 6.45) is 0. The van der Waals surface area contributed by atoms with Crippen molar-refractivity contribution in [2.45, 2.75) is 13.1 Å². The van der Waals surface area contributed by atoms with E-state index in [1.807, 2.05) is 5.70 Å². The Hall–Kier alpha value is -1.03. The van der Waals surface area contributed by atoms with Gasteiger partial charge in [-0.05, 0) is 23.5 Å². The average molecular weight is 363 g/mol. The first-order valence-electron chi connectivity index (χ1n) is 7.35. The van der Waals surface area contributed by atoms with Gasteiger partial charge in [0.1, 0.15) is 21.0 Å². The standard InChI is InChI=1S/C16H20OSi2.H6OSi2/c1-4-19(2,3)17-18(15-11-7-5-8-12-15)16-13-9-6-10-14-16;2-1-3/h4-14,18H,1H2,2-3H3;2-3H3. The topological polar surface area (TPSA) is 18.5 Å². The molecule has 0 radical (unpaired) electrons. The summed E-state index contributed by atoms with van der Waals surface area (Å²) in [4.78, 5) is 0. The van der Waals surface area contributed by atoms with Crippen LogP contribution >= 0.6 is 0 Å². The van der Waals surface area contributed by atoms with E-state index in [0.717, 1.165) is 21.0 Å². The summed E-state index contributed by atoms with van der Waals surface area (Å²) in [6.45, 7) is 8.33. The summed E-state index contributed by atoms with van der Waals surface area (Å²) >= 11 is 0. The lowest BCUT2D eigenvalue weighted by Crippen LogP contribution is -2.51. The van der Waals surface area contributed by atoms with Crippen LogP contribution in [0.5, 0.6) is 0 Å². The van der Waals surface area contributed by atoms with Gasteiger partial charge in [0, 0.05) is 0 Å². The fourth-order valence-electron chi connectivity index (χ4n) is 1.94. The van der Waals surface area contributed by atoms with Crippen LogP contribution in [0.2, 0.25) is 13.1 Å². The molecule has 0 amide bonds. The molecule has 0 unspecified atom stereocenters. The van der Waals surface area contributed by atoms with Gasteiger partial charge in [0.25, 0.3) is 0 Å². The smallest absolute Gasteiger partial charge is 0.228 e. The molecular formula is C16H26O2Si4. The molecule has 0 bridgehead atoms. The highest BCUT2D eigenvalue weighted by Gasteiger charge is 2.26. The van der Waals surface area contributed by atoms with Crippen LogP contribution in [0, 0.1) is 0 Å². The number of rotatable bonds is 5.